The Kier molecular flexibility index (Phi) is 5.26. The lowest BCUT2D eigenvalue weighted by molar-refractivity contribution is -0.385. The van der Waals surface area contributed by atoms with Crippen molar-refractivity contribution in [2.24, 2.45) is 0 Å². The van der Waals surface area contributed by atoms with E-state index in [1.165, 1.54) is 32.2 Å². The highest BCUT2D eigenvalue weighted by molar-refractivity contribution is 5.99. The average molecular weight is 329 g/mol. The van der Waals surface area contributed by atoms with Crippen molar-refractivity contribution in [3.8, 4) is 5.75 Å². The third kappa shape index (κ3) is 3.95. The second-order valence-electron chi connectivity index (χ2n) is 4.99. The monoisotopic (exact) mass is 329 g/mol. The molecule has 0 aliphatic rings. The van der Waals surface area contributed by atoms with Gasteiger partial charge in [0, 0.05) is 17.2 Å². The summed E-state index contributed by atoms with van der Waals surface area (Å²) < 4.78 is 10.0. The number of rotatable bonds is 6. The van der Waals surface area contributed by atoms with Crippen molar-refractivity contribution >= 4 is 17.4 Å². The molecular formula is C17H15NO6. The fraction of sp³-hybridized carbons (Fsp3) is 0.176. The highest BCUT2D eigenvalue weighted by Crippen LogP contribution is 2.19. The number of nitro groups is 1. The van der Waals surface area contributed by atoms with Crippen molar-refractivity contribution in [2.75, 3.05) is 13.7 Å². The summed E-state index contributed by atoms with van der Waals surface area (Å²) in [6.45, 7) is 1.10. The Bertz CT molecular complexity index is 799. The minimum absolute atomic E-state index is 0.0843. The summed E-state index contributed by atoms with van der Waals surface area (Å²) >= 11 is 0. The normalized spacial score (nSPS) is 10.1. The zero-order valence-corrected chi connectivity index (χ0v) is 13.1. The van der Waals surface area contributed by atoms with E-state index in [4.69, 9.17) is 9.47 Å². The summed E-state index contributed by atoms with van der Waals surface area (Å²) in [5.74, 6) is -0.566. The fourth-order valence-electron chi connectivity index (χ4n) is 2.08. The van der Waals surface area contributed by atoms with E-state index in [-0.39, 0.29) is 17.0 Å². The lowest BCUT2D eigenvalue weighted by atomic mass is 10.1. The van der Waals surface area contributed by atoms with E-state index in [1.54, 1.807) is 24.3 Å². The summed E-state index contributed by atoms with van der Waals surface area (Å²) in [6.07, 6.45) is 0. The van der Waals surface area contributed by atoms with Gasteiger partial charge in [-0.1, -0.05) is 12.1 Å². The van der Waals surface area contributed by atoms with E-state index >= 15 is 0 Å². The maximum atomic E-state index is 12.0. The fourth-order valence-corrected chi connectivity index (χ4v) is 2.08. The smallest absolute Gasteiger partial charge is 0.338 e. The molecule has 7 nitrogen and oxygen atoms in total. The molecule has 0 saturated heterocycles. The number of benzene rings is 2. The zero-order chi connectivity index (χ0) is 17.7. The van der Waals surface area contributed by atoms with Gasteiger partial charge in [-0.05, 0) is 31.2 Å². The Hall–Kier alpha value is -3.22. The highest BCUT2D eigenvalue weighted by Gasteiger charge is 2.16. The van der Waals surface area contributed by atoms with Gasteiger partial charge in [0.15, 0.2) is 12.4 Å². The molecule has 24 heavy (non-hydrogen) atoms. The Morgan fingerprint density at radius 3 is 2.50 bits per heavy atom. The Morgan fingerprint density at radius 2 is 1.88 bits per heavy atom. The zero-order valence-electron chi connectivity index (χ0n) is 13.1. The van der Waals surface area contributed by atoms with Gasteiger partial charge in [0.05, 0.1) is 17.6 Å². The summed E-state index contributed by atoms with van der Waals surface area (Å²) in [5, 5.41) is 10.8. The van der Waals surface area contributed by atoms with Crippen molar-refractivity contribution in [3.05, 3.63) is 69.3 Å². The third-order valence-electron chi connectivity index (χ3n) is 3.36. The predicted molar refractivity (Wildman–Crippen MR) is 85.4 cm³/mol. The number of nitrogens with zero attached hydrogens (tertiary/aromatic N) is 1. The summed E-state index contributed by atoms with van der Waals surface area (Å²) in [7, 11) is 1.49. The van der Waals surface area contributed by atoms with Crippen LogP contribution in [0.3, 0.4) is 0 Å². The number of aryl methyl sites for hydroxylation is 1. The van der Waals surface area contributed by atoms with Gasteiger partial charge in [-0.15, -0.1) is 0 Å². The number of ketones is 1. The van der Waals surface area contributed by atoms with Gasteiger partial charge < -0.3 is 9.47 Å². The first-order valence-electron chi connectivity index (χ1n) is 7.02. The number of ether oxygens (including phenoxy) is 2. The van der Waals surface area contributed by atoms with Gasteiger partial charge in [0.2, 0.25) is 0 Å². The Balaban J connectivity index is 2.03. The van der Waals surface area contributed by atoms with E-state index in [2.05, 4.69) is 0 Å². The minimum Gasteiger partial charge on any atom is -0.497 e. The number of nitro benzene ring substituents is 1. The molecule has 0 aliphatic carbocycles. The maximum Gasteiger partial charge on any atom is 0.338 e. The first-order chi connectivity index (χ1) is 11.4. The third-order valence-corrected chi connectivity index (χ3v) is 3.36. The van der Waals surface area contributed by atoms with Crippen molar-refractivity contribution in [2.45, 2.75) is 6.92 Å². The van der Waals surface area contributed by atoms with Crippen LogP contribution in [0.5, 0.6) is 5.75 Å². The van der Waals surface area contributed by atoms with Crippen molar-refractivity contribution < 1.29 is 24.0 Å². The molecule has 124 valence electrons. The topological polar surface area (TPSA) is 95.7 Å². The van der Waals surface area contributed by atoms with Crippen molar-refractivity contribution in [1.29, 1.82) is 0 Å². The molecule has 0 amide bonds. The van der Waals surface area contributed by atoms with E-state index < -0.39 is 17.5 Å². The molecule has 0 aromatic heterocycles. The molecule has 0 saturated carbocycles. The van der Waals surface area contributed by atoms with Gasteiger partial charge in [-0.3, -0.25) is 14.9 Å². The van der Waals surface area contributed by atoms with E-state index in [1.807, 2.05) is 0 Å². The SMILES string of the molecule is COc1cccc(C(=O)COC(=O)c2ccc([N+](=O)[O-])c(C)c2)c1. The van der Waals surface area contributed by atoms with Gasteiger partial charge >= 0.3 is 5.97 Å². The van der Waals surface area contributed by atoms with Crippen LogP contribution in [-0.2, 0) is 4.74 Å². The summed E-state index contributed by atoms with van der Waals surface area (Å²) in [4.78, 5) is 34.2. The van der Waals surface area contributed by atoms with Crippen LogP contribution < -0.4 is 4.74 Å². The molecule has 0 unspecified atom stereocenters. The lowest BCUT2D eigenvalue weighted by Gasteiger charge is -2.06. The molecule has 0 atom stereocenters. The molecule has 0 fully saturated rings. The van der Waals surface area contributed by atoms with Crippen LogP contribution in [0.1, 0.15) is 26.3 Å². The molecule has 2 rings (SSSR count). The molecule has 0 spiro atoms. The molecule has 7 heteroatoms. The predicted octanol–water partition coefficient (Wildman–Crippen LogP) is 2.95. The molecule has 0 heterocycles. The van der Waals surface area contributed by atoms with Gasteiger partial charge in [-0.25, -0.2) is 4.79 Å². The van der Waals surface area contributed by atoms with Gasteiger partial charge in [0.25, 0.3) is 5.69 Å². The summed E-state index contributed by atoms with van der Waals surface area (Å²) in [6, 6.07) is 10.4. The van der Waals surface area contributed by atoms with Crippen LogP contribution in [0.2, 0.25) is 0 Å². The number of esters is 1. The average Bonchev–Trinajstić information content (AvgIpc) is 2.58. The Labute approximate surface area is 138 Å². The number of hydrogen-bond donors (Lipinski definition) is 0. The molecule has 0 aliphatic heterocycles. The molecule has 2 aromatic rings. The minimum atomic E-state index is -0.718. The van der Waals surface area contributed by atoms with Crippen LogP contribution in [-0.4, -0.2) is 30.4 Å². The van der Waals surface area contributed by atoms with Crippen LogP contribution in [0.4, 0.5) is 5.69 Å². The highest BCUT2D eigenvalue weighted by atomic mass is 16.6. The van der Waals surface area contributed by atoms with Crippen LogP contribution in [0.25, 0.3) is 0 Å². The molecule has 0 radical (unpaired) electrons. The number of methoxy groups -OCH3 is 1. The number of Topliss-reactive ketones (excluding diaryl/α,β-unsaturated/α-hetero) is 1. The van der Waals surface area contributed by atoms with Crippen LogP contribution >= 0.6 is 0 Å². The first kappa shape index (κ1) is 17.1. The molecule has 0 N–H and O–H groups in total. The quantitative estimate of drug-likeness (QED) is 0.350. The van der Waals surface area contributed by atoms with Crippen molar-refractivity contribution in [1.82, 2.24) is 0 Å². The van der Waals surface area contributed by atoms with Gasteiger partial charge in [0.1, 0.15) is 5.75 Å². The molecular weight excluding hydrogens is 314 g/mol. The lowest BCUT2D eigenvalue weighted by Crippen LogP contribution is -2.14. The van der Waals surface area contributed by atoms with E-state index in [9.17, 15) is 19.7 Å². The largest absolute Gasteiger partial charge is 0.497 e. The standard InChI is InChI=1S/C17H15NO6/c1-11-8-13(6-7-15(11)18(21)22)17(20)24-10-16(19)12-4-3-5-14(9-12)23-2/h3-9H,10H2,1-2H3. The number of carbonyl (C=O) groups is 2. The summed E-state index contributed by atoms with van der Waals surface area (Å²) in [5.41, 5.74) is 0.770. The Morgan fingerprint density at radius 1 is 1.12 bits per heavy atom. The second kappa shape index (κ2) is 7.36. The van der Waals surface area contributed by atoms with Crippen LogP contribution in [0.15, 0.2) is 42.5 Å². The molecule has 2 aromatic carbocycles. The van der Waals surface area contributed by atoms with Crippen LogP contribution in [0, 0.1) is 17.0 Å². The van der Waals surface area contributed by atoms with Gasteiger partial charge in [-0.2, -0.15) is 0 Å². The second-order valence-corrected chi connectivity index (χ2v) is 4.99. The number of carbonyl (C=O) groups excluding carboxylic acids is 2. The maximum absolute atomic E-state index is 12.0. The number of hydrogen-bond acceptors (Lipinski definition) is 6. The first-order valence-corrected chi connectivity index (χ1v) is 7.02. The van der Waals surface area contributed by atoms with E-state index in [0.29, 0.717) is 16.9 Å². The molecule has 0 bridgehead atoms. The van der Waals surface area contributed by atoms with E-state index in [0.717, 1.165) is 0 Å². The van der Waals surface area contributed by atoms with Crippen molar-refractivity contribution in [3.63, 3.8) is 0 Å².